The zero-order chi connectivity index (χ0) is 10.5. The molecular formula is C10H22O2S. The van der Waals surface area contributed by atoms with Crippen LogP contribution in [0.3, 0.4) is 0 Å². The minimum Gasteiger partial charge on any atom is -0.314 e. The van der Waals surface area contributed by atoms with Crippen molar-refractivity contribution in [3.8, 4) is 0 Å². The number of hydrogen-bond donors (Lipinski definition) is 1. The molecule has 3 heteroatoms. The molecule has 0 heterocycles. The fourth-order valence-corrected chi connectivity index (χ4v) is 1.81. The van der Waals surface area contributed by atoms with Crippen LogP contribution >= 0.6 is 0 Å². The van der Waals surface area contributed by atoms with Crippen molar-refractivity contribution in [1.82, 2.24) is 0 Å². The van der Waals surface area contributed by atoms with E-state index in [1.54, 1.807) is 0 Å². The maximum Gasteiger partial charge on any atom is 0.0746 e. The molecule has 0 saturated carbocycles. The Labute approximate surface area is 82.6 Å². The van der Waals surface area contributed by atoms with Crippen LogP contribution in [0.1, 0.15) is 46.5 Å². The van der Waals surface area contributed by atoms with Gasteiger partial charge in [-0.3, -0.25) is 0 Å². The Morgan fingerprint density at radius 2 is 1.77 bits per heavy atom. The molecule has 0 aliphatic heterocycles. The zero-order valence-electron chi connectivity index (χ0n) is 9.01. The Kier molecular flexibility index (Phi) is 5.00. The molecule has 0 spiro atoms. The zero-order valence-corrected chi connectivity index (χ0v) is 9.82. The molecule has 0 aliphatic rings. The molecule has 0 amide bonds. The monoisotopic (exact) mass is 206 g/mol. The lowest BCUT2D eigenvalue weighted by Crippen LogP contribution is -2.06. The van der Waals surface area contributed by atoms with Crippen LogP contribution in [0.5, 0.6) is 0 Å². The fourth-order valence-electron chi connectivity index (χ4n) is 1.16. The summed E-state index contributed by atoms with van der Waals surface area (Å²) in [4.78, 5) is 0. The van der Waals surface area contributed by atoms with E-state index in [4.69, 9.17) is 4.55 Å². The van der Waals surface area contributed by atoms with E-state index in [0.29, 0.717) is 11.2 Å². The Balaban J connectivity index is 3.39. The van der Waals surface area contributed by atoms with Gasteiger partial charge in [0.25, 0.3) is 0 Å². The summed E-state index contributed by atoms with van der Waals surface area (Å²) in [7, 11) is -2.74. The van der Waals surface area contributed by atoms with Crippen LogP contribution in [0.2, 0.25) is 0 Å². The first kappa shape index (κ1) is 13.0. The molecule has 1 unspecified atom stereocenters. The fraction of sp³-hybridized carbons (Fsp3) is 0.900. The summed E-state index contributed by atoms with van der Waals surface area (Å²) in [6, 6.07) is 0. The Bertz CT molecular complexity index is 222. The van der Waals surface area contributed by atoms with E-state index in [-0.39, 0.29) is 0 Å². The van der Waals surface area contributed by atoms with Gasteiger partial charge in [-0.15, -0.1) is 0 Å². The third-order valence-corrected chi connectivity index (χ3v) is 2.82. The van der Waals surface area contributed by atoms with Gasteiger partial charge in [-0.1, -0.05) is 33.6 Å². The predicted octanol–water partition coefficient (Wildman–Crippen LogP) is 2.78. The van der Waals surface area contributed by atoms with Crippen molar-refractivity contribution < 1.29 is 8.76 Å². The highest BCUT2D eigenvalue weighted by Crippen LogP contribution is 2.21. The number of rotatable bonds is 5. The first-order chi connectivity index (χ1) is 5.71. The quantitative estimate of drug-likeness (QED) is 0.555. The lowest BCUT2D eigenvalue weighted by Gasteiger charge is -2.17. The van der Waals surface area contributed by atoms with E-state index in [1.807, 2.05) is 0 Å². The van der Waals surface area contributed by atoms with Gasteiger partial charge in [-0.25, -0.2) is 4.21 Å². The third-order valence-electron chi connectivity index (χ3n) is 1.89. The lowest BCUT2D eigenvalue weighted by molar-refractivity contribution is 0.359. The van der Waals surface area contributed by atoms with Gasteiger partial charge in [0.1, 0.15) is 0 Å². The number of unbranched alkanes of at least 4 members (excludes halogenated alkanes) is 2. The lowest BCUT2D eigenvalue weighted by atomic mass is 9.90. The number of hydrogen-bond acceptors (Lipinski definition) is 1. The summed E-state index contributed by atoms with van der Waals surface area (Å²) in [5.74, 6) is 3.54. The van der Waals surface area contributed by atoms with Gasteiger partial charge >= 0.3 is 0 Å². The van der Waals surface area contributed by atoms with Crippen LogP contribution in [-0.2, 0) is 9.80 Å². The summed E-state index contributed by atoms with van der Waals surface area (Å²) in [6.45, 7) is 6.64. The molecule has 0 rings (SSSR count). The van der Waals surface area contributed by atoms with Crippen molar-refractivity contribution in [1.29, 1.82) is 0 Å². The van der Waals surface area contributed by atoms with E-state index in [0.717, 1.165) is 19.3 Å². The van der Waals surface area contributed by atoms with Crippen LogP contribution in [0, 0.1) is 5.41 Å². The van der Waals surface area contributed by atoms with Crippen molar-refractivity contribution in [3.05, 3.63) is 0 Å². The van der Waals surface area contributed by atoms with Crippen molar-refractivity contribution in [2.45, 2.75) is 46.5 Å². The smallest absolute Gasteiger partial charge is 0.0746 e. The highest BCUT2D eigenvalue weighted by atomic mass is 32.2. The van der Waals surface area contributed by atoms with Gasteiger partial charge < -0.3 is 4.55 Å². The van der Waals surface area contributed by atoms with Crippen molar-refractivity contribution in [3.63, 3.8) is 0 Å². The second-order valence-corrected chi connectivity index (χ2v) is 6.80. The molecule has 0 radical (unpaired) electrons. The minimum atomic E-state index is -2.74. The highest BCUT2D eigenvalue weighted by Gasteiger charge is 2.08. The second-order valence-electron chi connectivity index (χ2n) is 4.85. The molecule has 0 aliphatic carbocycles. The molecule has 0 aromatic carbocycles. The van der Waals surface area contributed by atoms with Crippen molar-refractivity contribution >= 4 is 15.7 Å². The molecule has 2 nitrogen and oxygen atoms in total. The van der Waals surface area contributed by atoms with E-state index >= 15 is 0 Å². The maximum atomic E-state index is 10.8. The molecule has 0 aromatic rings. The maximum absolute atomic E-state index is 10.8. The van der Waals surface area contributed by atoms with E-state index in [2.05, 4.69) is 26.6 Å². The highest BCUT2D eigenvalue weighted by molar-refractivity contribution is 7.95. The summed E-state index contributed by atoms with van der Waals surface area (Å²) < 4.78 is 19.7. The minimum absolute atomic E-state index is 0.344. The SMILES string of the molecule is C=S(=O)(O)CCCCCC(C)(C)C. The van der Waals surface area contributed by atoms with Crippen LogP contribution in [0.4, 0.5) is 0 Å². The molecule has 1 atom stereocenters. The van der Waals surface area contributed by atoms with Crippen LogP contribution < -0.4 is 0 Å². The molecular weight excluding hydrogens is 184 g/mol. The Morgan fingerprint density at radius 1 is 1.23 bits per heavy atom. The van der Waals surface area contributed by atoms with Gasteiger partial charge in [-0.05, 0) is 24.1 Å². The standard InChI is InChI=1S/C10H22O2S/c1-10(2,3)8-6-5-7-9-13(4,11)12/h4-9H2,1-3H3,(H,11,12). The Morgan fingerprint density at radius 3 is 2.15 bits per heavy atom. The molecule has 0 bridgehead atoms. The first-order valence-corrected chi connectivity index (χ1v) is 6.63. The van der Waals surface area contributed by atoms with Gasteiger partial charge in [0.05, 0.1) is 9.80 Å². The summed E-state index contributed by atoms with van der Waals surface area (Å²) in [5, 5.41) is 0. The van der Waals surface area contributed by atoms with Crippen molar-refractivity contribution in [2.24, 2.45) is 5.41 Å². The van der Waals surface area contributed by atoms with Crippen LogP contribution in [0.15, 0.2) is 0 Å². The van der Waals surface area contributed by atoms with Gasteiger partial charge in [-0.2, -0.15) is 0 Å². The van der Waals surface area contributed by atoms with Gasteiger partial charge in [0, 0.05) is 5.75 Å². The summed E-state index contributed by atoms with van der Waals surface area (Å²) >= 11 is 0. The summed E-state index contributed by atoms with van der Waals surface area (Å²) in [5.41, 5.74) is 0.380. The van der Waals surface area contributed by atoms with Crippen LogP contribution in [0.25, 0.3) is 0 Å². The average molecular weight is 206 g/mol. The normalized spacial score (nSPS) is 16.9. The molecule has 0 aromatic heterocycles. The van der Waals surface area contributed by atoms with Crippen LogP contribution in [-0.4, -0.2) is 20.4 Å². The predicted molar refractivity (Wildman–Crippen MR) is 60.7 cm³/mol. The van der Waals surface area contributed by atoms with E-state index in [9.17, 15) is 4.21 Å². The second kappa shape index (κ2) is 5.01. The van der Waals surface area contributed by atoms with Gasteiger partial charge in [0.2, 0.25) is 0 Å². The molecule has 0 saturated heterocycles. The summed E-state index contributed by atoms with van der Waals surface area (Å²) in [6.07, 6.45) is 4.16. The largest absolute Gasteiger partial charge is 0.314 e. The van der Waals surface area contributed by atoms with E-state index in [1.165, 1.54) is 6.42 Å². The van der Waals surface area contributed by atoms with Crippen molar-refractivity contribution in [2.75, 3.05) is 5.75 Å². The average Bonchev–Trinajstić information content (AvgIpc) is 1.81. The third kappa shape index (κ3) is 12.0. The first-order valence-electron chi connectivity index (χ1n) is 4.78. The topological polar surface area (TPSA) is 37.3 Å². The molecule has 80 valence electrons. The van der Waals surface area contributed by atoms with E-state index < -0.39 is 9.80 Å². The molecule has 13 heavy (non-hydrogen) atoms. The van der Waals surface area contributed by atoms with Gasteiger partial charge in [0.15, 0.2) is 0 Å². The molecule has 0 fully saturated rings. The Hall–Kier alpha value is -0.0200. The molecule has 1 N–H and O–H groups in total.